The maximum atomic E-state index is 12.2. The molecule has 1 aliphatic heterocycles. The van der Waals surface area contributed by atoms with Crippen molar-refractivity contribution in [2.75, 3.05) is 12.4 Å². The summed E-state index contributed by atoms with van der Waals surface area (Å²) in [7, 11) is 1.74. The number of rotatable bonds is 6. The second-order valence-corrected chi connectivity index (χ2v) is 7.68. The number of amides is 2. The quantitative estimate of drug-likeness (QED) is 0.337. The van der Waals surface area contributed by atoms with Crippen LogP contribution in [0.5, 0.6) is 11.5 Å². The summed E-state index contributed by atoms with van der Waals surface area (Å²) in [6.07, 6.45) is -0.457. The Balaban J connectivity index is 1.35. The molecule has 0 spiro atoms. The normalized spacial score (nSPS) is 14.6. The van der Waals surface area contributed by atoms with Gasteiger partial charge in [0.15, 0.2) is 28.6 Å². The minimum absolute atomic E-state index is 0.0215. The molecule has 1 aromatic heterocycles. The Morgan fingerprint density at radius 3 is 2.78 bits per heavy atom. The van der Waals surface area contributed by atoms with Crippen molar-refractivity contribution in [3.63, 3.8) is 0 Å². The maximum absolute atomic E-state index is 12.2. The lowest BCUT2D eigenvalue weighted by atomic mass is 10.2. The Hall–Kier alpha value is -3.93. The van der Waals surface area contributed by atoms with Gasteiger partial charge in [0, 0.05) is 24.7 Å². The number of hydrogen-bond donors (Lipinski definition) is 1. The van der Waals surface area contributed by atoms with Gasteiger partial charge in [0.25, 0.3) is 11.6 Å². The van der Waals surface area contributed by atoms with Gasteiger partial charge in [-0.15, -0.1) is 10.2 Å². The Morgan fingerprint density at radius 2 is 2.00 bits per heavy atom. The average Bonchev–Trinajstić information content (AvgIpc) is 3.17. The van der Waals surface area contributed by atoms with Crippen molar-refractivity contribution >= 4 is 29.3 Å². The molecule has 2 heterocycles. The van der Waals surface area contributed by atoms with E-state index in [0.717, 1.165) is 17.8 Å². The monoisotopic (exact) mass is 455 g/mol. The van der Waals surface area contributed by atoms with Crippen LogP contribution in [-0.4, -0.2) is 43.9 Å². The molecule has 0 unspecified atom stereocenters. The average molecular weight is 455 g/mol. The zero-order chi connectivity index (χ0) is 22.7. The first-order valence-electron chi connectivity index (χ1n) is 9.41. The Kier molecular flexibility index (Phi) is 6.03. The van der Waals surface area contributed by atoms with Crippen molar-refractivity contribution < 1.29 is 24.0 Å². The van der Waals surface area contributed by atoms with Gasteiger partial charge >= 0.3 is 0 Å². The molecule has 12 heteroatoms. The van der Waals surface area contributed by atoms with Gasteiger partial charge in [-0.1, -0.05) is 30.0 Å². The van der Waals surface area contributed by atoms with E-state index in [1.54, 1.807) is 17.7 Å². The fourth-order valence-corrected chi connectivity index (χ4v) is 3.72. The second kappa shape index (κ2) is 9.06. The molecular formula is C20H17N5O6S. The Bertz CT molecular complexity index is 1200. The number of aromatic nitrogens is 3. The third kappa shape index (κ3) is 4.54. The first-order chi connectivity index (χ1) is 15.4. The van der Waals surface area contributed by atoms with Crippen LogP contribution in [-0.2, 0) is 11.8 Å². The van der Waals surface area contributed by atoms with Crippen molar-refractivity contribution in [3.05, 3.63) is 70.0 Å². The van der Waals surface area contributed by atoms with Crippen LogP contribution in [0.1, 0.15) is 22.3 Å². The molecule has 0 saturated carbocycles. The predicted octanol–water partition coefficient (Wildman–Crippen LogP) is 2.28. The number of nitro benzene ring substituents is 1. The van der Waals surface area contributed by atoms with Crippen molar-refractivity contribution in [2.45, 2.75) is 11.3 Å². The summed E-state index contributed by atoms with van der Waals surface area (Å²) in [6, 6.07) is 12.5. The van der Waals surface area contributed by atoms with Crippen LogP contribution >= 0.6 is 11.8 Å². The number of carbonyl (C=O) groups is 2. The molecule has 164 valence electrons. The molecule has 32 heavy (non-hydrogen) atoms. The molecule has 1 aliphatic rings. The van der Waals surface area contributed by atoms with Gasteiger partial charge in [-0.3, -0.25) is 25.0 Å². The number of para-hydroxylation sites is 2. The first kappa shape index (κ1) is 21.3. The lowest BCUT2D eigenvalue weighted by Crippen LogP contribution is -2.32. The molecule has 4 rings (SSSR count). The number of carbonyl (C=O) groups excluding carboxylic acids is 2. The molecule has 1 N–H and O–H groups in total. The molecule has 3 aromatic rings. The minimum Gasteiger partial charge on any atom is -0.485 e. The van der Waals surface area contributed by atoms with E-state index >= 15 is 0 Å². The second-order valence-electron chi connectivity index (χ2n) is 6.74. The van der Waals surface area contributed by atoms with Crippen LogP contribution in [0.4, 0.5) is 5.69 Å². The number of nitrogens with one attached hydrogen (secondary N) is 1. The summed E-state index contributed by atoms with van der Waals surface area (Å²) < 4.78 is 13.3. The van der Waals surface area contributed by atoms with Crippen molar-refractivity contribution in [3.8, 4) is 11.5 Å². The van der Waals surface area contributed by atoms with Gasteiger partial charge in [-0.05, 0) is 18.2 Å². The van der Waals surface area contributed by atoms with E-state index in [2.05, 4.69) is 15.5 Å². The summed E-state index contributed by atoms with van der Waals surface area (Å²) in [6.45, 7) is 0.270. The summed E-state index contributed by atoms with van der Waals surface area (Å²) in [5, 5.41) is 21.7. The predicted molar refractivity (Wildman–Crippen MR) is 113 cm³/mol. The number of nitro groups is 1. The van der Waals surface area contributed by atoms with Crippen molar-refractivity contribution in [1.82, 2.24) is 20.1 Å². The van der Waals surface area contributed by atoms with Crippen LogP contribution in [0.25, 0.3) is 0 Å². The Morgan fingerprint density at radius 1 is 1.22 bits per heavy atom. The lowest BCUT2D eigenvalue weighted by Gasteiger charge is -2.25. The minimum atomic E-state index is -0.718. The van der Waals surface area contributed by atoms with E-state index in [4.69, 9.17) is 9.47 Å². The van der Waals surface area contributed by atoms with Crippen LogP contribution in [0.2, 0.25) is 0 Å². The van der Waals surface area contributed by atoms with Crippen LogP contribution in [0.3, 0.4) is 0 Å². The summed E-state index contributed by atoms with van der Waals surface area (Å²) >= 11 is 1.09. The molecule has 11 nitrogen and oxygen atoms in total. The highest BCUT2D eigenvalue weighted by Gasteiger charge is 2.27. The van der Waals surface area contributed by atoms with E-state index in [9.17, 15) is 19.7 Å². The third-order valence-corrected chi connectivity index (χ3v) is 5.59. The number of hydrogen-bond acceptors (Lipinski definition) is 9. The highest BCUT2D eigenvalue weighted by Crippen LogP contribution is 2.35. The molecule has 0 bridgehead atoms. The maximum Gasteiger partial charge on any atom is 0.270 e. The van der Waals surface area contributed by atoms with Gasteiger partial charge in [-0.25, -0.2) is 0 Å². The molecule has 2 amide bonds. The van der Waals surface area contributed by atoms with Gasteiger partial charge in [0.1, 0.15) is 6.61 Å². The number of thioether (sulfide) groups is 1. The fraction of sp³-hybridized carbons (Fsp3) is 0.200. The van der Waals surface area contributed by atoms with Gasteiger partial charge in [0.05, 0.1) is 10.7 Å². The molecule has 1 atom stereocenters. The molecule has 0 aliphatic carbocycles. The number of fused-ring (bicyclic) bond motifs is 1. The van der Waals surface area contributed by atoms with Gasteiger partial charge < -0.3 is 14.0 Å². The van der Waals surface area contributed by atoms with Crippen LogP contribution in [0, 0.1) is 10.1 Å². The lowest BCUT2D eigenvalue weighted by molar-refractivity contribution is -0.384. The largest absolute Gasteiger partial charge is 0.485 e. The molecule has 0 radical (unpaired) electrons. The highest BCUT2D eigenvalue weighted by molar-refractivity contribution is 7.99. The summed E-state index contributed by atoms with van der Waals surface area (Å²) in [5.74, 6) is 0.421. The highest BCUT2D eigenvalue weighted by atomic mass is 32.2. The van der Waals surface area contributed by atoms with Crippen LogP contribution < -0.4 is 14.8 Å². The van der Waals surface area contributed by atoms with Gasteiger partial charge in [0.2, 0.25) is 5.91 Å². The zero-order valence-electron chi connectivity index (χ0n) is 16.8. The number of imide groups is 1. The zero-order valence-corrected chi connectivity index (χ0v) is 17.6. The topological polar surface area (TPSA) is 138 Å². The van der Waals surface area contributed by atoms with E-state index < -0.39 is 22.8 Å². The first-order valence-corrected chi connectivity index (χ1v) is 10.4. The fourth-order valence-electron chi connectivity index (χ4n) is 3.00. The van der Waals surface area contributed by atoms with Gasteiger partial charge in [-0.2, -0.15) is 0 Å². The van der Waals surface area contributed by atoms with E-state index in [0.29, 0.717) is 22.5 Å². The molecule has 0 saturated heterocycles. The van der Waals surface area contributed by atoms with Crippen LogP contribution in [0.15, 0.2) is 53.7 Å². The molecule has 0 fully saturated rings. The standard InChI is InChI=1S/C20H17N5O6S/c1-24-18(16-10-30-14-7-2-3-8-15(14)31-16)22-23-20(24)32-11-17(26)21-19(27)12-5-4-6-13(9-12)25(28)29/h2-9,16H,10-11H2,1H3,(H,21,26,27)/t16-/m1/s1. The third-order valence-electron chi connectivity index (χ3n) is 4.57. The smallest absolute Gasteiger partial charge is 0.270 e. The molecular weight excluding hydrogens is 438 g/mol. The summed E-state index contributed by atoms with van der Waals surface area (Å²) in [4.78, 5) is 34.6. The summed E-state index contributed by atoms with van der Waals surface area (Å²) in [5.41, 5.74) is -0.212. The van der Waals surface area contributed by atoms with Crippen molar-refractivity contribution in [1.29, 1.82) is 0 Å². The number of ether oxygens (including phenoxy) is 2. The number of benzene rings is 2. The van der Waals surface area contributed by atoms with Crippen molar-refractivity contribution in [2.24, 2.45) is 7.05 Å². The Labute approximate surface area is 185 Å². The molecule has 2 aromatic carbocycles. The van der Waals surface area contributed by atoms with E-state index in [1.807, 2.05) is 18.2 Å². The number of nitrogens with zero attached hydrogens (tertiary/aromatic N) is 4. The number of non-ortho nitro benzene ring substituents is 1. The van der Waals surface area contributed by atoms with E-state index in [1.165, 1.54) is 18.2 Å². The van der Waals surface area contributed by atoms with E-state index in [-0.39, 0.29) is 23.6 Å². The SMILES string of the molecule is Cn1c(SCC(=O)NC(=O)c2cccc([N+](=O)[O-])c2)nnc1[C@H]1COc2ccccc2O1.